The molecule has 3 aromatic rings. The van der Waals surface area contributed by atoms with Gasteiger partial charge >= 0.3 is 0 Å². The number of rotatable bonds is 7. The molecule has 0 saturated heterocycles. The number of halogens is 1. The molecule has 0 aliphatic rings. The normalized spacial score (nSPS) is 11.6. The van der Waals surface area contributed by atoms with Crippen molar-refractivity contribution in [1.82, 2.24) is 9.78 Å². The van der Waals surface area contributed by atoms with Crippen LogP contribution in [0, 0.1) is 0 Å². The maximum atomic E-state index is 12.6. The Kier molecular flexibility index (Phi) is 6.59. The first-order valence-corrected chi connectivity index (χ1v) is 9.69. The van der Waals surface area contributed by atoms with Crippen molar-refractivity contribution in [3.05, 3.63) is 81.2 Å². The van der Waals surface area contributed by atoms with Crippen LogP contribution in [0.5, 0.6) is 11.5 Å². The first-order chi connectivity index (χ1) is 14.2. The van der Waals surface area contributed by atoms with Crippen molar-refractivity contribution in [2.24, 2.45) is 0 Å². The van der Waals surface area contributed by atoms with E-state index in [2.05, 4.69) is 5.10 Å². The number of methoxy groups -OCH3 is 1. The fourth-order valence-corrected chi connectivity index (χ4v) is 2.76. The summed E-state index contributed by atoms with van der Waals surface area (Å²) < 4.78 is 12.3. The average Bonchev–Trinajstić information content (AvgIpc) is 2.71. The molecule has 0 spiro atoms. The van der Waals surface area contributed by atoms with Crippen LogP contribution >= 0.6 is 11.6 Å². The van der Waals surface area contributed by atoms with Crippen LogP contribution in [0.2, 0.25) is 5.02 Å². The largest absolute Gasteiger partial charge is 0.493 e. The molecule has 30 heavy (non-hydrogen) atoms. The van der Waals surface area contributed by atoms with Crippen LogP contribution in [-0.2, 0) is 0 Å². The lowest BCUT2D eigenvalue weighted by Crippen LogP contribution is -2.28. The van der Waals surface area contributed by atoms with Crippen molar-refractivity contribution in [3.8, 4) is 17.2 Å². The lowest BCUT2D eigenvalue weighted by atomic mass is 10.1. The zero-order chi connectivity index (χ0) is 21.7. The maximum Gasteiger partial charge on any atom is 0.272 e. The predicted octanol–water partition coefficient (Wildman–Crippen LogP) is 4.21. The van der Waals surface area contributed by atoms with Crippen LogP contribution in [0.1, 0.15) is 25.0 Å². The summed E-state index contributed by atoms with van der Waals surface area (Å²) in [6, 6.07) is 14.0. The molecule has 0 fully saturated rings. The summed E-state index contributed by atoms with van der Waals surface area (Å²) in [7, 11) is 1.51. The number of benzene rings is 2. The fourth-order valence-electron chi connectivity index (χ4n) is 2.64. The molecule has 0 radical (unpaired) electrons. The minimum Gasteiger partial charge on any atom is -0.493 e. The van der Waals surface area contributed by atoms with Gasteiger partial charge < -0.3 is 14.6 Å². The van der Waals surface area contributed by atoms with Crippen molar-refractivity contribution >= 4 is 23.8 Å². The van der Waals surface area contributed by atoms with Gasteiger partial charge in [-0.2, -0.15) is 9.78 Å². The van der Waals surface area contributed by atoms with Gasteiger partial charge in [0.15, 0.2) is 11.5 Å². The van der Waals surface area contributed by atoms with Gasteiger partial charge in [0.1, 0.15) is 6.61 Å². The highest BCUT2D eigenvalue weighted by Gasteiger charge is 2.16. The lowest BCUT2D eigenvalue weighted by molar-refractivity contribution is 0.0276. The monoisotopic (exact) mass is 426 g/mol. The molecule has 0 bridgehead atoms. The number of hydrogen-bond donors (Lipinski definition) is 1. The molecular weight excluding hydrogens is 404 g/mol. The first-order valence-electron chi connectivity index (χ1n) is 9.32. The van der Waals surface area contributed by atoms with Crippen LogP contribution in [0.15, 0.2) is 59.5 Å². The summed E-state index contributed by atoms with van der Waals surface area (Å²) in [4.78, 5) is 12.6. The standard InChI is InChI=1S/C23H23ClN2O4/c1-23(2,28)15-30-20-11-10-19(13-21(20)29-3)26-22(27)12-17(14-25-26)5-4-16-6-8-18(24)9-7-16/h4-14,28H,15H2,1-3H3. The third kappa shape index (κ3) is 5.72. The Hall–Kier alpha value is -3.09. The summed E-state index contributed by atoms with van der Waals surface area (Å²) in [5.74, 6) is 0.913. The van der Waals surface area contributed by atoms with E-state index in [-0.39, 0.29) is 12.2 Å². The zero-order valence-corrected chi connectivity index (χ0v) is 17.8. The molecule has 0 unspecified atom stereocenters. The highest BCUT2D eigenvalue weighted by Crippen LogP contribution is 2.29. The average molecular weight is 427 g/mol. The van der Waals surface area contributed by atoms with Crippen LogP contribution in [-0.4, -0.2) is 34.2 Å². The van der Waals surface area contributed by atoms with Gasteiger partial charge in [-0.3, -0.25) is 4.79 Å². The molecule has 0 aliphatic carbocycles. The molecule has 1 aromatic heterocycles. The van der Waals surface area contributed by atoms with E-state index in [1.807, 2.05) is 24.3 Å². The molecule has 1 heterocycles. The topological polar surface area (TPSA) is 73.6 Å². The number of nitrogens with zero attached hydrogens (tertiary/aromatic N) is 2. The Labute approximate surface area is 180 Å². The number of hydrogen-bond acceptors (Lipinski definition) is 5. The van der Waals surface area contributed by atoms with Gasteiger partial charge in [0, 0.05) is 22.7 Å². The highest BCUT2D eigenvalue weighted by molar-refractivity contribution is 6.30. The van der Waals surface area contributed by atoms with Crippen LogP contribution in [0.25, 0.3) is 17.8 Å². The van der Waals surface area contributed by atoms with Gasteiger partial charge in [-0.05, 0) is 43.7 Å². The molecule has 0 aliphatic heterocycles. The molecule has 3 rings (SSSR count). The van der Waals surface area contributed by atoms with Gasteiger partial charge in [0.05, 0.1) is 24.6 Å². The second-order valence-corrected chi connectivity index (χ2v) is 7.80. The van der Waals surface area contributed by atoms with E-state index in [0.29, 0.717) is 27.8 Å². The summed E-state index contributed by atoms with van der Waals surface area (Å²) in [5.41, 5.74) is 0.941. The van der Waals surface area contributed by atoms with E-state index in [1.54, 1.807) is 50.4 Å². The smallest absolute Gasteiger partial charge is 0.272 e. The molecule has 0 saturated carbocycles. The molecule has 2 aromatic carbocycles. The molecule has 7 heteroatoms. The van der Waals surface area contributed by atoms with Gasteiger partial charge in [-0.25, -0.2) is 0 Å². The second-order valence-electron chi connectivity index (χ2n) is 7.36. The molecule has 1 N–H and O–H groups in total. The van der Waals surface area contributed by atoms with E-state index >= 15 is 0 Å². The summed E-state index contributed by atoms with van der Waals surface area (Å²) >= 11 is 5.89. The molecule has 0 atom stereocenters. The Morgan fingerprint density at radius 1 is 1.07 bits per heavy atom. The fraction of sp³-hybridized carbons (Fsp3) is 0.217. The van der Waals surface area contributed by atoms with E-state index in [9.17, 15) is 9.90 Å². The van der Waals surface area contributed by atoms with Gasteiger partial charge in [0.2, 0.25) is 0 Å². The number of ether oxygens (including phenoxy) is 2. The SMILES string of the molecule is COc1cc(-n2ncc(C=Cc3ccc(Cl)cc3)cc2=O)ccc1OCC(C)(C)O. The lowest BCUT2D eigenvalue weighted by Gasteiger charge is -2.19. The quantitative estimate of drug-likeness (QED) is 0.612. The Bertz CT molecular complexity index is 1100. The van der Waals surface area contributed by atoms with Gasteiger partial charge in [-0.15, -0.1) is 0 Å². The summed E-state index contributed by atoms with van der Waals surface area (Å²) in [6.07, 6.45) is 5.31. The van der Waals surface area contributed by atoms with Gasteiger partial charge in [0.25, 0.3) is 5.56 Å². The second kappa shape index (κ2) is 9.15. The Balaban J connectivity index is 1.82. The van der Waals surface area contributed by atoms with Crippen molar-refractivity contribution < 1.29 is 14.6 Å². The van der Waals surface area contributed by atoms with E-state index in [4.69, 9.17) is 21.1 Å². The summed E-state index contributed by atoms with van der Waals surface area (Å²) in [5, 5.41) is 14.8. The van der Waals surface area contributed by atoms with Gasteiger partial charge in [-0.1, -0.05) is 35.9 Å². The van der Waals surface area contributed by atoms with Crippen LogP contribution < -0.4 is 15.0 Å². The Morgan fingerprint density at radius 2 is 1.77 bits per heavy atom. The number of aliphatic hydroxyl groups is 1. The third-order valence-corrected chi connectivity index (χ3v) is 4.38. The number of aromatic nitrogens is 2. The maximum absolute atomic E-state index is 12.6. The van der Waals surface area contributed by atoms with Crippen LogP contribution in [0.4, 0.5) is 0 Å². The third-order valence-electron chi connectivity index (χ3n) is 4.13. The van der Waals surface area contributed by atoms with Crippen molar-refractivity contribution in [2.75, 3.05) is 13.7 Å². The van der Waals surface area contributed by atoms with Crippen molar-refractivity contribution in [3.63, 3.8) is 0 Å². The van der Waals surface area contributed by atoms with Crippen molar-refractivity contribution in [1.29, 1.82) is 0 Å². The molecule has 0 amide bonds. The first kappa shape index (κ1) is 21.6. The van der Waals surface area contributed by atoms with Crippen LogP contribution in [0.3, 0.4) is 0 Å². The predicted molar refractivity (Wildman–Crippen MR) is 119 cm³/mol. The van der Waals surface area contributed by atoms with E-state index < -0.39 is 5.60 Å². The Morgan fingerprint density at radius 3 is 2.40 bits per heavy atom. The molecular formula is C23H23ClN2O4. The molecule has 6 nitrogen and oxygen atoms in total. The van der Waals surface area contributed by atoms with Crippen molar-refractivity contribution in [2.45, 2.75) is 19.4 Å². The molecule has 156 valence electrons. The minimum absolute atomic E-state index is 0.107. The van der Waals surface area contributed by atoms with E-state index in [1.165, 1.54) is 17.9 Å². The highest BCUT2D eigenvalue weighted by atomic mass is 35.5. The summed E-state index contributed by atoms with van der Waals surface area (Å²) in [6.45, 7) is 3.41. The zero-order valence-electron chi connectivity index (χ0n) is 17.0. The van der Waals surface area contributed by atoms with E-state index in [0.717, 1.165) is 5.56 Å². The minimum atomic E-state index is -0.975.